The van der Waals surface area contributed by atoms with Crippen LogP contribution in [0.2, 0.25) is 0 Å². The van der Waals surface area contributed by atoms with Crippen LogP contribution in [0, 0.1) is 0 Å². The average molecular weight is 330 g/mol. The Balaban J connectivity index is 1.55. The van der Waals surface area contributed by atoms with Gasteiger partial charge in [-0.1, -0.05) is 18.2 Å². The van der Waals surface area contributed by atoms with E-state index in [1.807, 2.05) is 24.3 Å². The highest BCUT2D eigenvalue weighted by Crippen LogP contribution is 2.31. The Morgan fingerprint density at radius 1 is 1.29 bits per heavy atom. The number of piperidine rings is 1. The van der Waals surface area contributed by atoms with Gasteiger partial charge in [0.25, 0.3) is 0 Å². The van der Waals surface area contributed by atoms with Gasteiger partial charge in [0.2, 0.25) is 11.8 Å². The molecule has 0 bridgehead atoms. The lowest BCUT2D eigenvalue weighted by molar-refractivity contribution is -0.147. The molecule has 0 aromatic heterocycles. The Kier molecular flexibility index (Phi) is 4.98. The Bertz CT molecular complexity index is 643. The summed E-state index contributed by atoms with van der Waals surface area (Å²) in [5.41, 5.74) is 7.01. The van der Waals surface area contributed by atoms with Gasteiger partial charge in [-0.3, -0.25) is 19.5 Å². The SMILES string of the molecule is NC(=NCCN1C(=O)CCCC1=O)NC1CCOc2ccccc21. The van der Waals surface area contributed by atoms with Gasteiger partial charge in [0.1, 0.15) is 5.75 Å². The van der Waals surface area contributed by atoms with E-state index in [-0.39, 0.29) is 24.4 Å². The van der Waals surface area contributed by atoms with Gasteiger partial charge in [-0.05, 0) is 12.5 Å². The fourth-order valence-corrected chi connectivity index (χ4v) is 3.04. The molecule has 2 aliphatic rings. The van der Waals surface area contributed by atoms with Crippen molar-refractivity contribution < 1.29 is 14.3 Å². The minimum atomic E-state index is -0.119. The van der Waals surface area contributed by atoms with Crippen LogP contribution in [0.4, 0.5) is 0 Å². The number of aliphatic imine (C=N–C) groups is 1. The van der Waals surface area contributed by atoms with E-state index in [4.69, 9.17) is 10.5 Å². The van der Waals surface area contributed by atoms with Crippen molar-refractivity contribution in [2.45, 2.75) is 31.7 Å². The molecule has 3 rings (SSSR count). The quantitative estimate of drug-likeness (QED) is 0.487. The maximum absolute atomic E-state index is 11.7. The molecule has 128 valence electrons. The van der Waals surface area contributed by atoms with E-state index in [1.54, 1.807) is 0 Å². The Morgan fingerprint density at radius 3 is 2.83 bits per heavy atom. The number of hydrogen-bond acceptors (Lipinski definition) is 4. The number of para-hydroxylation sites is 1. The molecule has 1 aromatic carbocycles. The first-order valence-electron chi connectivity index (χ1n) is 8.26. The number of nitrogens with two attached hydrogens (primary N) is 1. The highest BCUT2D eigenvalue weighted by Gasteiger charge is 2.25. The molecule has 0 radical (unpaired) electrons. The van der Waals surface area contributed by atoms with Crippen LogP contribution in [-0.2, 0) is 9.59 Å². The van der Waals surface area contributed by atoms with Crippen molar-refractivity contribution in [3.8, 4) is 5.75 Å². The van der Waals surface area contributed by atoms with Gasteiger partial charge < -0.3 is 15.8 Å². The zero-order chi connectivity index (χ0) is 16.9. The second-order valence-corrected chi connectivity index (χ2v) is 5.93. The van der Waals surface area contributed by atoms with E-state index in [2.05, 4.69) is 10.3 Å². The predicted molar refractivity (Wildman–Crippen MR) is 89.5 cm³/mol. The van der Waals surface area contributed by atoms with Gasteiger partial charge in [-0.25, -0.2) is 0 Å². The Labute approximate surface area is 140 Å². The summed E-state index contributed by atoms with van der Waals surface area (Å²) in [6.07, 6.45) is 2.31. The molecule has 2 amide bonds. The van der Waals surface area contributed by atoms with E-state index >= 15 is 0 Å². The van der Waals surface area contributed by atoms with Crippen LogP contribution in [0.3, 0.4) is 0 Å². The molecule has 0 saturated carbocycles. The number of carbonyl (C=O) groups is 2. The van der Waals surface area contributed by atoms with Crippen LogP contribution < -0.4 is 15.8 Å². The molecule has 0 spiro atoms. The summed E-state index contributed by atoms with van der Waals surface area (Å²) >= 11 is 0. The normalized spacial score (nSPS) is 21.2. The minimum absolute atomic E-state index is 0.0527. The van der Waals surface area contributed by atoms with E-state index in [0.717, 1.165) is 17.7 Å². The van der Waals surface area contributed by atoms with Crippen LogP contribution in [0.5, 0.6) is 5.75 Å². The molecule has 1 fully saturated rings. The van der Waals surface area contributed by atoms with E-state index in [9.17, 15) is 9.59 Å². The first kappa shape index (κ1) is 16.3. The van der Waals surface area contributed by atoms with Gasteiger partial charge in [0.15, 0.2) is 5.96 Å². The summed E-state index contributed by atoms with van der Waals surface area (Å²) < 4.78 is 5.62. The van der Waals surface area contributed by atoms with Gasteiger partial charge in [-0.15, -0.1) is 0 Å². The molecule has 7 nitrogen and oxygen atoms in total. The van der Waals surface area contributed by atoms with Gasteiger partial charge >= 0.3 is 0 Å². The topological polar surface area (TPSA) is 97.0 Å². The van der Waals surface area contributed by atoms with Crippen LogP contribution in [-0.4, -0.2) is 42.4 Å². The molecule has 7 heteroatoms. The smallest absolute Gasteiger partial charge is 0.229 e. The molecular formula is C17H22N4O3. The fourth-order valence-electron chi connectivity index (χ4n) is 3.04. The number of carbonyl (C=O) groups excluding carboxylic acids is 2. The number of hydrogen-bond donors (Lipinski definition) is 2. The monoisotopic (exact) mass is 330 g/mol. The van der Waals surface area contributed by atoms with E-state index < -0.39 is 0 Å². The molecule has 1 atom stereocenters. The van der Waals surface area contributed by atoms with Crippen molar-refractivity contribution in [3.63, 3.8) is 0 Å². The highest BCUT2D eigenvalue weighted by atomic mass is 16.5. The Morgan fingerprint density at radius 2 is 2.04 bits per heavy atom. The first-order valence-corrected chi connectivity index (χ1v) is 8.26. The van der Waals surface area contributed by atoms with Crippen molar-refractivity contribution in [1.82, 2.24) is 10.2 Å². The van der Waals surface area contributed by atoms with Crippen molar-refractivity contribution in [2.24, 2.45) is 10.7 Å². The number of fused-ring (bicyclic) bond motifs is 1. The number of rotatable bonds is 4. The molecule has 1 saturated heterocycles. The zero-order valence-corrected chi connectivity index (χ0v) is 13.5. The summed E-state index contributed by atoms with van der Waals surface area (Å²) in [6.45, 7) is 1.21. The predicted octanol–water partition coefficient (Wildman–Crippen LogP) is 0.954. The minimum Gasteiger partial charge on any atom is -0.493 e. The summed E-state index contributed by atoms with van der Waals surface area (Å²) in [7, 11) is 0. The summed E-state index contributed by atoms with van der Waals surface area (Å²) in [6, 6.07) is 7.89. The molecular weight excluding hydrogens is 308 g/mol. The lowest BCUT2D eigenvalue weighted by Crippen LogP contribution is -2.42. The van der Waals surface area contributed by atoms with E-state index in [0.29, 0.717) is 38.4 Å². The lowest BCUT2D eigenvalue weighted by Gasteiger charge is -2.27. The standard InChI is InChI=1S/C17H22N4O3/c18-17(19-9-10-21-15(22)6-3-7-16(21)23)20-13-8-11-24-14-5-2-1-4-12(13)14/h1-2,4-5,13H,3,6-11H2,(H3,18,19,20). The maximum Gasteiger partial charge on any atom is 0.229 e. The van der Waals surface area contributed by atoms with Crippen molar-refractivity contribution in [2.75, 3.05) is 19.7 Å². The number of ether oxygens (including phenoxy) is 1. The molecule has 24 heavy (non-hydrogen) atoms. The maximum atomic E-state index is 11.7. The van der Waals surface area contributed by atoms with Crippen LogP contribution in [0.15, 0.2) is 29.3 Å². The Hall–Kier alpha value is -2.57. The second-order valence-electron chi connectivity index (χ2n) is 5.93. The highest BCUT2D eigenvalue weighted by molar-refractivity contribution is 5.97. The second kappa shape index (κ2) is 7.33. The van der Waals surface area contributed by atoms with Crippen molar-refractivity contribution in [3.05, 3.63) is 29.8 Å². The van der Waals surface area contributed by atoms with Crippen molar-refractivity contribution in [1.29, 1.82) is 0 Å². The van der Waals surface area contributed by atoms with Gasteiger partial charge in [0.05, 0.1) is 19.2 Å². The largest absolute Gasteiger partial charge is 0.493 e. The average Bonchev–Trinajstić information content (AvgIpc) is 2.58. The van der Waals surface area contributed by atoms with Gasteiger partial charge in [-0.2, -0.15) is 0 Å². The third kappa shape index (κ3) is 3.67. The van der Waals surface area contributed by atoms with E-state index in [1.165, 1.54) is 4.90 Å². The number of amides is 2. The molecule has 1 aromatic rings. The number of guanidine groups is 1. The van der Waals surface area contributed by atoms with Gasteiger partial charge in [0, 0.05) is 31.4 Å². The summed E-state index contributed by atoms with van der Waals surface area (Å²) in [4.78, 5) is 29.0. The lowest BCUT2D eigenvalue weighted by atomic mass is 10.0. The third-order valence-electron chi connectivity index (χ3n) is 4.27. The summed E-state index contributed by atoms with van der Waals surface area (Å²) in [5, 5.41) is 3.19. The number of nitrogens with zero attached hydrogens (tertiary/aromatic N) is 2. The molecule has 3 N–H and O–H groups in total. The molecule has 2 heterocycles. The molecule has 2 aliphatic heterocycles. The molecule has 1 unspecified atom stereocenters. The zero-order valence-electron chi connectivity index (χ0n) is 13.5. The molecule has 0 aliphatic carbocycles. The summed E-state index contributed by atoms with van der Waals surface area (Å²) in [5.74, 6) is 0.935. The fraction of sp³-hybridized carbons (Fsp3) is 0.471. The number of likely N-dealkylation sites (tertiary alicyclic amines) is 1. The number of benzene rings is 1. The van der Waals surface area contributed by atoms with Crippen LogP contribution >= 0.6 is 0 Å². The van der Waals surface area contributed by atoms with Crippen molar-refractivity contribution >= 4 is 17.8 Å². The van der Waals surface area contributed by atoms with Crippen LogP contribution in [0.25, 0.3) is 0 Å². The van der Waals surface area contributed by atoms with Crippen LogP contribution in [0.1, 0.15) is 37.3 Å². The first-order chi connectivity index (χ1) is 11.6. The third-order valence-corrected chi connectivity index (χ3v) is 4.27. The number of imide groups is 1. The number of nitrogens with one attached hydrogen (secondary N) is 1.